The molecule has 0 spiro atoms. The van der Waals surface area contributed by atoms with Gasteiger partial charge in [-0.1, -0.05) is 53.9 Å². The molecule has 0 fully saturated rings. The molecule has 0 saturated carbocycles. The van der Waals surface area contributed by atoms with Gasteiger partial charge in [-0.2, -0.15) is 0 Å². The Balaban J connectivity index is -0.000000503. The Morgan fingerprint density at radius 2 is 1.05 bits per heavy atom. The van der Waals surface area contributed by atoms with E-state index in [4.69, 9.17) is 0 Å². The van der Waals surface area contributed by atoms with Crippen molar-refractivity contribution in [2.75, 3.05) is 32.7 Å². The average Bonchev–Trinajstić information content (AvgIpc) is 2.90. The molecule has 0 aliphatic carbocycles. The molecule has 0 unspecified atom stereocenters. The van der Waals surface area contributed by atoms with Crippen LogP contribution >= 0.6 is 0 Å². The van der Waals surface area contributed by atoms with E-state index in [0.29, 0.717) is 38.8 Å². The fourth-order valence-electron chi connectivity index (χ4n) is 3.18. The highest BCUT2D eigenvalue weighted by atomic mass is 16.6. The molecule has 0 aliphatic rings. The molecule has 39 heavy (non-hydrogen) atoms. The van der Waals surface area contributed by atoms with E-state index >= 15 is 0 Å². The minimum Gasteiger partial charge on any atom is -0.737 e. The predicted octanol–water partition coefficient (Wildman–Crippen LogP) is 5.21. The number of nitrogens with zero attached hydrogens (tertiary/aromatic N) is 9. The van der Waals surface area contributed by atoms with E-state index in [2.05, 4.69) is 28.1 Å². The highest BCUT2D eigenvalue weighted by Gasteiger charge is 2.15. The van der Waals surface area contributed by atoms with Gasteiger partial charge >= 0.3 is 0 Å². The maximum Gasteiger partial charge on any atom is 0.0892 e. The molecule has 234 valence electrons. The lowest BCUT2D eigenvalue weighted by atomic mass is 10.2. The first-order valence-corrected chi connectivity index (χ1v) is 13.8. The van der Waals surface area contributed by atoms with Crippen LogP contribution in [0.3, 0.4) is 0 Å². The fraction of sp³-hybridized carbons (Fsp3) is 1.00. The lowest BCUT2D eigenvalue weighted by Crippen LogP contribution is -2.38. The molecule has 0 heterocycles. The zero-order valence-electron chi connectivity index (χ0n) is 25.5. The SMILES string of the molecule is CCCCCCN(C(C)C)/[N+]([O-])=N/[O-].CCCN(C(C)C)/[N+]([O-])=N/[O-].CCCN(CCNC(C)C)/[N+]([O-])=N/[O-]. The van der Waals surface area contributed by atoms with Crippen molar-refractivity contribution in [2.45, 2.75) is 119 Å². The van der Waals surface area contributed by atoms with Crippen molar-refractivity contribution in [1.29, 1.82) is 0 Å². The highest BCUT2D eigenvalue weighted by molar-refractivity contribution is 4.55. The molecule has 0 amide bonds. The summed E-state index contributed by atoms with van der Waals surface area (Å²) in [7, 11) is 0. The largest absolute Gasteiger partial charge is 0.737 e. The van der Waals surface area contributed by atoms with E-state index in [-0.39, 0.29) is 27.0 Å². The van der Waals surface area contributed by atoms with Gasteiger partial charge in [0, 0.05) is 27.5 Å². The number of nitrogens with one attached hydrogen (secondary N) is 1. The Hall–Kier alpha value is -3.04. The Morgan fingerprint density at radius 3 is 1.41 bits per heavy atom. The fourth-order valence-corrected chi connectivity index (χ4v) is 3.18. The Kier molecular flexibility index (Phi) is 27.6. The van der Waals surface area contributed by atoms with Crippen molar-refractivity contribution in [1.82, 2.24) is 20.3 Å². The van der Waals surface area contributed by atoms with Crippen molar-refractivity contribution in [2.24, 2.45) is 15.8 Å². The standard InChI is InChI=1S/C9H21N3O2.C8H20N4O2.C6H15N3O2/c1-4-5-6-7-8-11(9(2)3)12(14)10-13;1-4-6-11(12(14)10-13)7-5-9-8(2)3;1-4-5-8(6(2)3)9(11)7-10/h9,13H,4-8H2,1-3H3;8-9,13H,4-7H2,1-3H3;6,10H,4-5H2,1-3H3/p-3/b2*12-10-;9-7-. The van der Waals surface area contributed by atoms with Gasteiger partial charge in [-0.25, -0.2) is 0 Å². The molecule has 0 aromatic heterocycles. The number of unbranched alkanes of at least 4 members (excludes halogenated alkanes) is 3. The summed E-state index contributed by atoms with van der Waals surface area (Å²) in [5, 5.41) is 76.8. The minimum absolute atomic E-state index is 0.0187. The van der Waals surface area contributed by atoms with Crippen LogP contribution in [0.4, 0.5) is 0 Å². The lowest BCUT2D eigenvalue weighted by Gasteiger charge is -2.22. The molecule has 0 aromatic carbocycles. The zero-order valence-corrected chi connectivity index (χ0v) is 25.5. The van der Waals surface area contributed by atoms with Gasteiger partial charge in [-0.3, -0.25) is 0 Å². The summed E-state index contributed by atoms with van der Waals surface area (Å²) in [4.78, 5) is 0.371. The number of hydrogen-bond acceptors (Lipinski definition) is 10. The highest BCUT2D eigenvalue weighted by Crippen LogP contribution is 2.05. The van der Waals surface area contributed by atoms with E-state index < -0.39 is 0 Å². The van der Waals surface area contributed by atoms with Crippen molar-refractivity contribution in [3.05, 3.63) is 31.2 Å². The van der Waals surface area contributed by atoms with Crippen LogP contribution in [-0.4, -0.2) is 80.8 Å². The predicted molar refractivity (Wildman–Crippen MR) is 151 cm³/mol. The molecule has 0 bridgehead atoms. The molecular formula is C23H53N10O6-3. The molecule has 0 aliphatic heterocycles. The van der Waals surface area contributed by atoms with Crippen LogP contribution in [-0.2, 0) is 0 Å². The summed E-state index contributed by atoms with van der Waals surface area (Å²) >= 11 is 0. The van der Waals surface area contributed by atoms with E-state index in [1.807, 2.05) is 55.4 Å². The molecule has 0 saturated heterocycles. The minimum atomic E-state index is 0.0187. The van der Waals surface area contributed by atoms with Gasteiger partial charge < -0.3 is 36.6 Å². The van der Waals surface area contributed by atoms with E-state index in [1.54, 1.807) is 0 Å². The van der Waals surface area contributed by atoms with Crippen LogP contribution in [0.1, 0.15) is 101 Å². The third-order valence-corrected chi connectivity index (χ3v) is 5.18. The first-order chi connectivity index (χ1) is 18.4. The number of rotatable bonds is 18. The summed E-state index contributed by atoms with van der Waals surface area (Å²) < 4.78 is 0. The van der Waals surface area contributed by atoms with Crippen molar-refractivity contribution in [3.63, 3.8) is 0 Å². The molecule has 0 aromatic rings. The first-order valence-electron chi connectivity index (χ1n) is 13.8. The van der Waals surface area contributed by atoms with Gasteiger partial charge in [0.15, 0.2) is 0 Å². The summed E-state index contributed by atoms with van der Waals surface area (Å²) in [6, 6.07) is 0.416. The molecule has 16 nitrogen and oxygen atoms in total. The lowest BCUT2D eigenvalue weighted by molar-refractivity contribution is -0.697. The third-order valence-electron chi connectivity index (χ3n) is 5.18. The topological polar surface area (TPSA) is 206 Å². The third kappa shape index (κ3) is 22.6. The maximum absolute atomic E-state index is 11.0. The monoisotopic (exact) mass is 565 g/mol. The Bertz CT molecular complexity index is 651. The van der Waals surface area contributed by atoms with Gasteiger partial charge in [0.25, 0.3) is 0 Å². The summed E-state index contributed by atoms with van der Waals surface area (Å²) in [5.41, 5.74) is 0. The summed E-state index contributed by atoms with van der Waals surface area (Å²) in [5.74, 6) is 0. The van der Waals surface area contributed by atoms with Crippen LogP contribution in [0.5, 0.6) is 0 Å². The molecule has 0 radical (unpaired) electrons. The van der Waals surface area contributed by atoms with Crippen LogP contribution < -0.4 is 5.32 Å². The van der Waals surface area contributed by atoms with Gasteiger partial charge in [0.2, 0.25) is 0 Å². The Morgan fingerprint density at radius 1 is 0.590 bits per heavy atom. The normalized spacial score (nSPS) is 12.2. The van der Waals surface area contributed by atoms with E-state index in [9.17, 15) is 31.2 Å². The van der Waals surface area contributed by atoms with Crippen LogP contribution in [0, 0.1) is 31.2 Å². The quantitative estimate of drug-likeness (QED) is 0.0993. The second-order valence-electron chi connectivity index (χ2n) is 9.64. The molecule has 16 heteroatoms. The van der Waals surface area contributed by atoms with Crippen molar-refractivity contribution < 1.29 is 14.9 Å². The maximum atomic E-state index is 11.0. The van der Waals surface area contributed by atoms with Crippen molar-refractivity contribution in [3.8, 4) is 0 Å². The average molecular weight is 566 g/mol. The second kappa shape index (κ2) is 26.6. The molecule has 0 atom stereocenters. The molecule has 1 N–H and O–H groups in total. The molecule has 0 rings (SSSR count). The van der Waals surface area contributed by atoms with Crippen LogP contribution in [0.25, 0.3) is 0 Å². The smallest absolute Gasteiger partial charge is 0.0892 e. The van der Waals surface area contributed by atoms with Gasteiger partial charge in [-0.05, 0) is 62.8 Å². The van der Waals surface area contributed by atoms with Gasteiger partial charge in [0.1, 0.15) is 0 Å². The van der Waals surface area contributed by atoms with Gasteiger partial charge in [0.05, 0.1) is 38.3 Å². The summed E-state index contributed by atoms with van der Waals surface area (Å²) in [6.45, 7) is 20.4. The number of hydrazine groups is 3. The van der Waals surface area contributed by atoms with E-state index in [1.165, 1.54) is 21.4 Å². The second-order valence-corrected chi connectivity index (χ2v) is 9.64. The van der Waals surface area contributed by atoms with Gasteiger partial charge in [-0.15, -0.1) is 15.0 Å². The van der Waals surface area contributed by atoms with E-state index in [0.717, 1.165) is 32.1 Å². The zero-order chi connectivity index (χ0) is 30.8. The Labute approximate surface area is 234 Å². The first kappa shape index (κ1) is 40.5. The summed E-state index contributed by atoms with van der Waals surface area (Å²) in [6.07, 6.45) is 5.99. The van der Waals surface area contributed by atoms with Crippen LogP contribution in [0.15, 0.2) is 15.8 Å². The number of hydrogen-bond donors (Lipinski definition) is 1. The van der Waals surface area contributed by atoms with Crippen LogP contribution in [0.2, 0.25) is 0 Å². The molecular weight excluding hydrogens is 512 g/mol. The van der Waals surface area contributed by atoms with Crippen molar-refractivity contribution >= 4 is 0 Å².